The van der Waals surface area contributed by atoms with Crippen LogP contribution in [-0.4, -0.2) is 52.5 Å². The number of carbonyl (C=O) groups excluding carboxylic acids is 3. The number of thiazole rings is 1. The highest BCUT2D eigenvalue weighted by Gasteiger charge is 2.48. The second-order valence-electron chi connectivity index (χ2n) is 11.2. The molecule has 3 heterocycles. The standard InChI is InChI=1S/C27H36N2O7S/c1-9-34-24(32)17-10-11-29(22(17)25(33)36-27(6,7)8)20(30)14-19-28-15(2)23(37-19)16-12-18(26(3,4)5)35-21(31)13-16/h12-13,17,22H,9-11,14H2,1-8H3/t17-,22+/m1/s1. The predicted molar refractivity (Wildman–Crippen MR) is 139 cm³/mol. The van der Waals surface area contributed by atoms with Gasteiger partial charge in [0, 0.05) is 23.6 Å². The first-order valence-corrected chi connectivity index (χ1v) is 13.2. The Bertz CT molecular complexity index is 1230. The minimum absolute atomic E-state index is 0.0477. The largest absolute Gasteiger partial charge is 0.466 e. The molecule has 0 radical (unpaired) electrons. The van der Waals surface area contributed by atoms with Gasteiger partial charge in [0.05, 0.1) is 29.5 Å². The molecule has 1 fully saturated rings. The second kappa shape index (κ2) is 10.8. The zero-order valence-electron chi connectivity index (χ0n) is 22.8. The van der Waals surface area contributed by atoms with E-state index in [4.69, 9.17) is 13.9 Å². The summed E-state index contributed by atoms with van der Waals surface area (Å²) in [6, 6.07) is 2.19. The van der Waals surface area contributed by atoms with Crippen molar-refractivity contribution in [2.75, 3.05) is 13.2 Å². The summed E-state index contributed by atoms with van der Waals surface area (Å²) < 4.78 is 16.1. The second-order valence-corrected chi connectivity index (χ2v) is 12.3. The summed E-state index contributed by atoms with van der Waals surface area (Å²) in [6.45, 7) is 15.0. The van der Waals surface area contributed by atoms with Crippen LogP contribution in [0.15, 0.2) is 21.3 Å². The molecule has 0 spiro atoms. The molecular formula is C27H36N2O7S. The number of carbonyl (C=O) groups is 3. The summed E-state index contributed by atoms with van der Waals surface area (Å²) in [7, 11) is 0. The molecule has 1 amide bonds. The summed E-state index contributed by atoms with van der Waals surface area (Å²) in [6.07, 6.45) is 0.264. The highest BCUT2D eigenvalue weighted by molar-refractivity contribution is 7.15. The molecule has 202 valence electrons. The van der Waals surface area contributed by atoms with Crippen LogP contribution in [0.25, 0.3) is 10.4 Å². The number of amides is 1. The van der Waals surface area contributed by atoms with Gasteiger partial charge in [0.2, 0.25) is 5.91 Å². The van der Waals surface area contributed by atoms with Crippen LogP contribution in [0.2, 0.25) is 0 Å². The zero-order valence-corrected chi connectivity index (χ0v) is 23.6. The average Bonchev–Trinajstić information content (AvgIpc) is 3.35. The van der Waals surface area contributed by atoms with E-state index < -0.39 is 35.1 Å². The van der Waals surface area contributed by atoms with Crippen LogP contribution in [-0.2, 0) is 35.7 Å². The number of hydrogen-bond donors (Lipinski definition) is 0. The van der Waals surface area contributed by atoms with Crippen molar-refractivity contribution in [3.63, 3.8) is 0 Å². The predicted octanol–water partition coefficient (Wildman–Crippen LogP) is 4.03. The molecule has 9 nitrogen and oxygen atoms in total. The van der Waals surface area contributed by atoms with Crippen LogP contribution in [0.4, 0.5) is 0 Å². The molecule has 0 saturated carbocycles. The quantitative estimate of drug-likeness (QED) is 0.512. The van der Waals surface area contributed by atoms with Gasteiger partial charge in [0.1, 0.15) is 22.4 Å². The van der Waals surface area contributed by atoms with Crippen molar-refractivity contribution in [3.8, 4) is 10.4 Å². The Morgan fingerprint density at radius 3 is 2.41 bits per heavy atom. The van der Waals surface area contributed by atoms with Gasteiger partial charge in [-0.1, -0.05) is 20.8 Å². The lowest BCUT2D eigenvalue weighted by molar-refractivity contribution is -0.168. The van der Waals surface area contributed by atoms with Gasteiger partial charge >= 0.3 is 17.6 Å². The third-order valence-corrected chi connectivity index (χ3v) is 7.08. The van der Waals surface area contributed by atoms with E-state index in [9.17, 15) is 19.2 Å². The molecule has 0 bridgehead atoms. The Hall–Kier alpha value is -3.01. The first kappa shape index (κ1) is 28.6. The SMILES string of the molecule is CCOC(=O)[C@@H]1CCN(C(=O)Cc2nc(C)c(-c3cc(C(C)(C)C)oc(=O)c3)s2)[C@@H]1C(=O)OC(C)(C)C. The molecule has 1 aliphatic heterocycles. The Morgan fingerprint density at radius 2 is 1.81 bits per heavy atom. The van der Waals surface area contributed by atoms with Gasteiger partial charge in [-0.05, 0) is 47.1 Å². The van der Waals surface area contributed by atoms with Crippen LogP contribution in [0.3, 0.4) is 0 Å². The van der Waals surface area contributed by atoms with Crippen LogP contribution in [0.5, 0.6) is 0 Å². The van der Waals surface area contributed by atoms with Crippen molar-refractivity contribution in [1.82, 2.24) is 9.88 Å². The van der Waals surface area contributed by atoms with E-state index >= 15 is 0 Å². The van der Waals surface area contributed by atoms with Crippen molar-refractivity contribution in [1.29, 1.82) is 0 Å². The Kier molecular flexibility index (Phi) is 8.31. The topological polar surface area (TPSA) is 116 Å². The van der Waals surface area contributed by atoms with Crippen molar-refractivity contribution < 1.29 is 28.3 Å². The van der Waals surface area contributed by atoms with E-state index in [1.54, 1.807) is 27.7 Å². The fraction of sp³-hybridized carbons (Fsp3) is 0.593. The number of rotatable bonds is 6. The minimum atomic E-state index is -1.06. The summed E-state index contributed by atoms with van der Waals surface area (Å²) in [5.74, 6) is -1.70. The van der Waals surface area contributed by atoms with Crippen LogP contribution in [0.1, 0.15) is 71.3 Å². The summed E-state index contributed by atoms with van der Waals surface area (Å²) in [5.41, 5.74) is -0.203. The Labute approximate surface area is 221 Å². The third kappa shape index (κ3) is 6.85. The number of ether oxygens (including phenoxy) is 2. The molecule has 2 atom stereocenters. The molecule has 2 aromatic heterocycles. The molecule has 10 heteroatoms. The van der Waals surface area contributed by atoms with Crippen molar-refractivity contribution >= 4 is 29.2 Å². The molecule has 1 aliphatic rings. The summed E-state index contributed by atoms with van der Waals surface area (Å²) >= 11 is 1.32. The van der Waals surface area contributed by atoms with Crippen LogP contribution >= 0.6 is 11.3 Å². The molecule has 0 unspecified atom stereocenters. The van der Waals surface area contributed by atoms with E-state index in [0.29, 0.717) is 28.4 Å². The Morgan fingerprint density at radius 1 is 1.14 bits per heavy atom. The average molecular weight is 533 g/mol. The lowest BCUT2D eigenvalue weighted by Gasteiger charge is -2.29. The maximum atomic E-state index is 13.4. The van der Waals surface area contributed by atoms with E-state index in [0.717, 1.165) is 4.88 Å². The molecule has 0 N–H and O–H groups in total. The van der Waals surface area contributed by atoms with Gasteiger partial charge in [0.25, 0.3) is 0 Å². The number of hydrogen-bond acceptors (Lipinski definition) is 9. The lowest BCUT2D eigenvalue weighted by Crippen LogP contribution is -2.48. The zero-order chi connectivity index (χ0) is 27.7. The fourth-order valence-electron chi connectivity index (χ4n) is 4.23. The van der Waals surface area contributed by atoms with E-state index in [1.807, 2.05) is 33.8 Å². The normalized spacial score (nSPS) is 18.1. The highest BCUT2D eigenvalue weighted by Crippen LogP contribution is 2.34. The number of aryl methyl sites for hydroxylation is 1. The molecule has 3 rings (SSSR count). The van der Waals surface area contributed by atoms with Gasteiger partial charge < -0.3 is 18.8 Å². The van der Waals surface area contributed by atoms with Crippen LogP contribution < -0.4 is 5.63 Å². The van der Waals surface area contributed by atoms with E-state index in [2.05, 4.69) is 4.98 Å². The van der Waals surface area contributed by atoms with Crippen LogP contribution in [0, 0.1) is 12.8 Å². The van der Waals surface area contributed by atoms with Gasteiger partial charge in [0.15, 0.2) is 0 Å². The van der Waals surface area contributed by atoms with Crippen molar-refractivity contribution in [2.45, 2.75) is 85.3 Å². The van der Waals surface area contributed by atoms with E-state index in [1.165, 1.54) is 22.3 Å². The van der Waals surface area contributed by atoms with Gasteiger partial charge in [-0.3, -0.25) is 9.59 Å². The van der Waals surface area contributed by atoms with Gasteiger partial charge in [-0.15, -0.1) is 11.3 Å². The van der Waals surface area contributed by atoms with E-state index in [-0.39, 0.29) is 30.9 Å². The molecule has 0 aromatic carbocycles. The van der Waals surface area contributed by atoms with Gasteiger partial charge in [-0.2, -0.15) is 0 Å². The maximum Gasteiger partial charge on any atom is 0.336 e. The highest BCUT2D eigenvalue weighted by atomic mass is 32.1. The number of esters is 2. The first-order chi connectivity index (χ1) is 17.1. The maximum absolute atomic E-state index is 13.4. The molecule has 2 aromatic rings. The number of aromatic nitrogens is 1. The molecular weight excluding hydrogens is 496 g/mol. The third-order valence-electron chi connectivity index (χ3n) is 5.87. The summed E-state index contributed by atoms with van der Waals surface area (Å²) in [4.78, 5) is 58.0. The van der Waals surface area contributed by atoms with Crippen molar-refractivity contribution in [2.24, 2.45) is 5.92 Å². The first-order valence-electron chi connectivity index (χ1n) is 12.4. The molecule has 37 heavy (non-hydrogen) atoms. The lowest BCUT2D eigenvalue weighted by atomic mass is 9.92. The molecule has 0 aliphatic carbocycles. The number of nitrogens with zero attached hydrogens (tertiary/aromatic N) is 2. The monoisotopic (exact) mass is 532 g/mol. The summed E-state index contributed by atoms with van der Waals surface area (Å²) in [5, 5.41) is 0.547. The fourth-order valence-corrected chi connectivity index (χ4v) is 5.27. The minimum Gasteiger partial charge on any atom is -0.466 e. The van der Waals surface area contributed by atoms with Gasteiger partial charge in [-0.25, -0.2) is 14.6 Å². The Balaban J connectivity index is 1.87. The van der Waals surface area contributed by atoms with Crippen molar-refractivity contribution in [3.05, 3.63) is 39.0 Å². The smallest absolute Gasteiger partial charge is 0.336 e. The molecule has 1 saturated heterocycles. The number of likely N-dealkylation sites (tertiary alicyclic amines) is 1.